The fourth-order valence-corrected chi connectivity index (χ4v) is 3.65. The van der Waals surface area contributed by atoms with Crippen LogP contribution in [0.25, 0.3) is 0 Å². The summed E-state index contributed by atoms with van der Waals surface area (Å²) in [6, 6.07) is 9.74. The van der Waals surface area contributed by atoms with E-state index in [1.165, 1.54) is 6.42 Å². The van der Waals surface area contributed by atoms with Gasteiger partial charge in [-0.25, -0.2) is 0 Å². The lowest BCUT2D eigenvalue weighted by atomic mass is 10.1. The Balaban J connectivity index is 1.44. The minimum absolute atomic E-state index is 0.0347. The average Bonchev–Trinajstić information content (AvgIpc) is 3.12. The first-order valence-corrected chi connectivity index (χ1v) is 9.25. The first-order chi connectivity index (χ1) is 12.7. The van der Waals surface area contributed by atoms with Gasteiger partial charge < -0.3 is 14.4 Å². The van der Waals surface area contributed by atoms with Crippen molar-refractivity contribution < 1.29 is 9.59 Å². The summed E-state index contributed by atoms with van der Waals surface area (Å²) in [4.78, 5) is 28.9. The summed E-state index contributed by atoms with van der Waals surface area (Å²) in [7, 11) is 0. The van der Waals surface area contributed by atoms with E-state index in [0.29, 0.717) is 37.7 Å². The number of aromatic nitrogens is 3. The number of carbonyl (C=O) groups is 2. The summed E-state index contributed by atoms with van der Waals surface area (Å²) in [5.74, 6) is 1.15. The zero-order chi connectivity index (χ0) is 17.9. The SMILES string of the molecule is O=C(Cc1ccccc1)N1CCn2c(nnc2C(=O)N2CCCCC2)C1. The maximum atomic E-state index is 12.7. The van der Waals surface area contributed by atoms with Crippen LogP contribution in [-0.4, -0.2) is 56.0 Å². The quantitative estimate of drug-likeness (QED) is 0.838. The molecule has 7 heteroatoms. The van der Waals surface area contributed by atoms with E-state index in [2.05, 4.69) is 10.2 Å². The Bertz CT molecular complexity index is 796. The molecule has 0 spiro atoms. The maximum Gasteiger partial charge on any atom is 0.291 e. The van der Waals surface area contributed by atoms with Crippen LogP contribution in [0.4, 0.5) is 0 Å². The Morgan fingerprint density at radius 1 is 0.885 bits per heavy atom. The second-order valence-corrected chi connectivity index (χ2v) is 6.92. The largest absolute Gasteiger partial charge is 0.336 e. The van der Waals surface area contributed by atoms with Crippen LogP contribution in [-0.2, 0) is 24.3 Å². The van der Waals surface area contributed by atoms with Crippen molar-refractivity contribution in [3.8, 4) is 0 Å². The van der Waals surface area contributed by atoms with Crippen molar-refractivity contribution in [3.05, 3.63) is 47.5 Å². The van der Waals surface area contributed by atoms with E-state index in [4.69, 9.17) is 0 Å². The lowest BCUT2D eigenvalue weighted by Gasteiger charge is -2.29. The number of piperidine rings is 1. The van der Waals surface area contributed by atoms with Crippen molar-refractivity contribution >= 4 is 11.8 Å². The minimum Gasteiger partial charge on any atom is -0.336 e. The van der Waals surface area contributed by atoms with Gasteiger partial charge in [-0.1, -0.05) is 30.3 Å². The molecular weight excluding hydrogens is 330 g/mol. The van der Waals surface area contributed by atoms with Crippen LogP contribution in [0.1, 0.15) is 41.3 Å². The third-order valence-electron chi connectivity index (χ3n) is 5.14. The van der Waals surface area contributed by atoms with E-state index in [-0.39, 0.29) is 11.8 Å². The Hall–Kier alpha value is -2.70. The van der Waals surface area contributed by atoms with Crippen molar-refractivity contribution in [2.75, 3.05) is 19.6 Å². The van der Waals surface area contributed by atoms with Gasteiger partial charge >= 0.3 is 0 Å². The molecule has 4 rings (SSSR count). The molecule has 3 heterocycles. The molecule has 7 nitrogen and oxygen atoms in total. The number of hydrogen-bond acceptors (Lipinski definition) is 4. The number of carbonyl (C=O) groups excluding carboxylic acids is 2. The molecule has 1 aromatic carbocycles. The fraction of sp³-hybridized carbons (Fsp3) is 0.474. The molecule has 1 fully saturated rings. The van der Waals surface area contributed by atoms with Crippen LogP contribution < -0.4 is 0 Å². The van der Waals surface area contributed by atoms with Crippen molar-refractivity contribution in [1.29, 1.82) is 0 Å². The lowest BCUT2D eigenvalue weighted by Crippen LogP contribution is -2.41. The normalized spacial score (nSPS) is 17.1. The Labute approximate surface area is 152 Å². The molecule has 2 aromatic rings. The van der Waals surface area contributed by atoms with E-state index >= 15 is 0 Å². The molecule has 0 N–H and O–H groups in total. The van der Waals surface area contributed by atoms with Crippen molar-refractivity contribution in [1.82, 2.24) is 24.6 Å². The van der Waals surface area contributed by atoms with Crippen molar-refractivity contribution in [2.24, 2.45) is 0 Å². The molecule has 0 radical (unpaired) electrons. The number of amides is 2. The van der Waals surface area contributed by atoms with Gasteiger partial charge in [0, 0.05) is 26.2 Å². The van der Waals surface area contributed by atoms with Gasteiger partial charge in [-0.2, -0.15) is 0 Å². The molecule has 0 aliphatic carbocycles. The van der Waals surface area contributed by atoms with E-state index < -0.39 is 0 Å². The predicted molar refractivity (Wildman–Crippen MR) is 95.3 cm³/mol. The summed E-state index contributed by atoms with van der Waals surface area (Å²) < 4.78 is 1.88. The van der Waals surface area contributed by atoms with E-state index in [1.807, 2.05) is 39.8 Å². The third-order valence-corrected chi connectivity index (χ3v) is 5.14. The topological polar surface area (TPSA) is 71.3 Å². The molecule has 0 unspecified atom stereocenters. The summed E-state index contributed by atoms with van der Waals surface area (Å²) in [6.45, 7) is 3.14. The van der Waals surface area contributed by atoms with Crippen LogP contribution in [0.5, 0.6) is 0 Å². The Morgan fingerprint density at radius 3 is 2.42 bits per heavy atom. The molecule has 0 bridgehead atoms. The smallest absolute Gasteiger partial charge is 0.291 e. The lowest BCUT2D eigenvalue weighted by molar-refractivity contribution is -0.132. The predicted octanol–water partition coefficient (Wildman–Crippen LogP) is 1.49. The molecule has 26 heavy (non-hydrogen) atoms. The maximum absolute atomic E-state index is 12.7. The highest BCUT2D eigenvalue weighted by Crippen LogP contribution is 2.17. The number of benzene rings is 1. The highest BCUT2D eigenvalue weighted by molar-refractivity contribution is 5.91. The molecule has 1 aromatic heterocycles. The first-order valence-electron chi connectivity index (χ1n) is 9.25. The van der Waals surface area contributed by atoms with Crippen LogP contribution in [0, 0.1) is 0 Å². The number of fused-ring (bicyclic) bond motifs is 1. The van der Waals surface area contributed by atoms with Gasteiger partial charge in [-0.15, -0.1) is 10.2 Å². The first kappa shape index (κ1) is 16.8. The third kappa shape index (κ3) is 3.34. The summed E-state index contributed by atoms with van der Waals surface area (Å²) in [5, 5.41) is 8.32. The second kappa shape index (κ2) is 7.27. The number of hydrogen-bond donors (Lipinski definition) is 0. The number of likely N-dealkylation sites (tertiary alicyclic amines) is 1. The summed E-state index contributed by atoms with van der Waals surface area (Å²) >= 11 is 0. The van der Waals surface area contributed by atoms with Crippen LogP contribution >= 0.6 is 0 Å². The Morgan fingerprint density at radius 2 is 1.65 bits per heavy atom. The highest BCUT2D eigenvalue weighted by Gasteiger charge is 2.29. The van der Waals surface area contributed by atoms with Gasteiger partial charge in [-0.3, -0.25) is 9.59 Å². The summed E-state index contributed by atoms with van der Waals surface area (Å²) in [5.41, 5.74) is 1.01. The van der Waals surface area contributed by atoms with Gasteiger partial charge in [0.15, 0.2) is 5.82 Å². The van der Waals surface area contributed by atoms with E-state index in [9.17, 15) is 9.59 Å². The highest BCUT2D eigenvalue weighted by atomic mass is 16.2. The zero-order valence-corrected chi connectivity index (χ0v) is 14.8. The van der Waals surface area contributed by atoms with Crippen LogP contribution in [0.3, 0.4) is 0 Å². The molecule has 0 saturated carbocycles. The van der Waals surface area contributed by atoms with Gasteiger partial charge in [0.05, 0.1) is 13.0 Å². The molecule has 1 saturated heterocycles. The molecule has 2 amide bonds. The van der Waals surface area contributed by atoms with Crippen molar-refractivity contribution in [2.45, 2.75) is 38.8 Å². The second-order valence-electron chi connectivity index (χ2n) is 6.92. The van der Waals surface area contributed by atoms with Crippen LogP contribution in [0.2, 0.25) is 0 Å². The minimum atomic E-state index is -0.0347. The zero-order valence-electron chi connectivity index (χ0n) is 14.8. The van der Waals surface area contributed by atoms with Gasteiger partial charge in [0.25, 0.3) is 5.91 Å². The van der Waals surface area contributed by atoms with E-state index in [1.54, 1.807) is 4.90 Å². The number of rotatable bonds is 3. The molecule has 136 valence electrons. The Kier molecular flexibility index (Phi) is 4.69. The molecule has 2 aliphatic rings. The fourth-order valence-electron chi connectivity index (χ4n) is 3.65. The van der Waals surface area contributed by atoms with E-state index in [0.717, 1.165) is 31.5 Å². The van der Waals surface area contributed by atoms with Gasteiger partial charge in [0.1, 0.15) is 0 Å². The summed E-state index contributed by atoms with van der Waals surface area (Å²) in [6.07, 6.45) is 3.66. The van der Waals surface area contributed by atoms with Crippen LogP contribution in [0.15, 0.2) is 30.3 Å². The average molecular weight is 353 g/mol. The van der Waals surface area contributed by atoms with Gasteiger partial charge in [0.2, 0.25) is 11.7 Å². The standard InChI is InChI=1S/C19H23N5O2/c25-17(13-15-7-3-1-4-8-15)23-11-12-24-16(14-23)20-21-18(24)19(26)22-9-5-2-6-10-22/h1,3-4,7-8H,2,5-6,9-14H2. The monoisotopic (exact) mass is 353 g/mol. The number of nitrogens with zero attached hydrogens (tertiary/aromatic N) is 5. The van der Waals surface area contributed by atoms with Gasteiger partial charge in [-0.05, 0) is 24.8 Å². The molecule has 0 atom stereocenters. The molecular formula is C19H23N5O2. The molecule has 2 aliphatic heterocycles. The van der Waals surface area contributed by atoms with Crippen molar-refractivity contribution in [3.63, 3.8) is 0 Å².